The molecule has 3 aromatic rings. The number of carbonyl (C=O) groups is 2. The Balaban J connectivity index is 1.76. The Morgan fingerprint density at radius 3 is 2.92 bits per heavy atom. The Kier molecular flexibility index (Phi) is 3.56. The minimum absolute atomic E-state index is 0.166. The maximum atomic E-state index is 13.2. The highest BCUT2D eigenvalue weighted by molar-refractivity contribution is 6.02. The lowest BCUT2D eigenvalue weighted by Gasteiger charge is -2.33. The molecule has 1 unspecified atom stereocenters. The summed E-state index contributed by atoms with van der Waals surface area (Å²) in [5.41, 5.74) is 1.66. The molecule has 0 radical (unpaired) electrons. The van der Waals surface area contributed by atoms with Gasteiger partial charge in [0.1, 0.15) is 11.5 Å². The summed E-state index contributed by atoms with van der Waals surface area (Å²) in [5, 5.41) is 10.0. The topological polar surface area (TPSA) is 91.2 Å². The number of aromatic nitrogens is 3. The maximum Gasteiger partial charge on any atom is 0.307 e. The summed E-state index contributed by atoms with van der Waals surface area (Å²) in [5.74, 6) is -0.300. The van der Waals surface area contributed by atoms with Gasteiger partial charge in [-0.3, -0.25) is 9.59 Å². The Bertz CT molecular complexity index is 972. The van der Waals surface area contributed by atoms with E-state index in [2.05, 4.69) is 9.97 Å². The molecule has 7 heteroatoms. The van der Waals surface area contributed by atoms with E-state index >= 15 is 0 Å². The van der Waals surface area contributed by atoms with E-state index in [1.807, 2.05) is 42.0 Å². The summed E-state index contributed by atoms with van der Waals surface area (Å²) in [4.78, 5) is 33.7. The van der Waals surface area contributed by atoms with Crippen LogP contribution in [0.2, 0.25) is 0 Å². The van der Waals surface area contributed by atoms with Crippen LogP contribution in [0.3, 0.4) is 0 Å². The van der Waals surface area contributed by atoms with E-state index in [1.54, 1.807) is 11.1 Å². The van der Waals surface area contributed by atoms with Gasteiger partial charge in [0, 0.05) is 41.9 Å². The van der Waals surface area contributed by atoms with Gasteiger partial charge in [0.2, 0.25) is 0 Å². The van der Waals surface area contributed by atoms with Gasteiger partial charge in [0.15, 0.2) is 0 Å². The van der Waals surface area contributed by atoms with Gasteiger partial charge in [0.05, 0.1) is 12.5 Å². The third-order valence-electron chi connectivity index (χ3n) is 4.79. The Morgan fingerprint density at radius 2 is 2.12 bits per heavy atom. The quantitative estimate of drug-likeness (QED) is 0.766. The lowest BCUT2D eigenvalue weighted by Crippen LogP contribution is -2.41. The van der Waals surface area contributed by atoms with Gasteiger partial charge in [-0.25, -0.2) is 4.98 Å². The molecule has 0 spiro atoms. The fourth-order valence-electron chi connectivity index (χ4n) is 3.56. The summed E-state index contributed by atoms with van der Waals surface area (Å²) < 4.78 is 2.04. The molecule has 1 amide bonds. The van der Waals surface area contributed by atoms with E-state index in [1.165, 1.54) is 0 Å². The zero-order valence-corrected chi connectivity index (χ0v) is 13.8. The molecular weight excluding hydrogens is 320 g/mol. The molecule has 1 aromatic carbocycles. The zero-order chi connectivity index (χ0) is 17.6. The molecule has 0 aliphatic carbocycles. The molecule has 0 saturated carbocycles. The van der Waals surface area contributed by atoms with Gasteiger partial charge < -0.3 is 19.6 Å². The number of carboxylic acid groups (broad SMARTS) is 1. The van der Waals surface area contributed by atoms with Crippen LogP contribution in [0.15, 0.2) is 36.7 Å². The average molecular weight is 338 g/mol. The van der Waals surface area contributed by atoms with Crippen molar-refractivity contribution < 1.29 is 14.7 Å². The first-order valence-corrected chi connectivity index (χ1v) is 8.19. The highest BCUT2D eigenvalue weighted by atomic mass is 16.4. The highest BCUT2D eigenvalue weighted by Gasteiger charge is 2.32. The number of rotatable bonds is 3. The van der Waals surface area contributed by atoms with Gasteiger partial charge in [-0.2, -0.15) is 0 Å². The molecule has 0 fully saturated rings. The first-order valence-electron chi connectivity index (χ1n) is 8.19. The summed E-state index contributed by atoms with van der Waals surface area (Å²) in [6, 6.07) is 7.23. The zero-order valence-electron chi connectivity index (χ0n) is 13.8. The fourth-order valence-corrected chi connectivity index (χ4v) is 3.56. The van der Waals surface area contributed by atoms with Crippen molar-refractivity contribution in [3.05, 3.63) is 53.7 Å². The summed E-state index contributed by atoms with van der Waals surface area (Å²) in [7, 11) is 0. The first kappa shape index (κ1) is 15.4. The van der Waals surface area contributed by atoms with Crippen LogP contribution < -0.4 is 0 Å². The summed E-state index contributed by atoms with van der Waals surface area (Å²) >= 11 is 0. The molecule has 7 nitrogen and oxygen atoms in total. The molecule has 0 saturated heterocycles. The highest BCUT2D eigenvalue weighted by Crippen LogP contribution is 2.29. The molecule has 3 heterocycles. The number of amides is 1. The van der Waals surface area contributed by atoms with Crippen LogP contribution in [0.5, 0.6) is 0 Å². The van der Waals surface area contributed by atoms with Crippen molar-refractivity contribution in [3.8, 4) is 0 Å². The van der Waals surface area contributed by atoms with E-state index in [9.17, 15) is 14.7 Å². The second-order valence-corrected chi connectivity index (χ2v) is 6.25. The van der Waals surface area contributed by atoms with Crippen LogP contribution >= 0.6 is 0 Å². The fraction of sp³-hybridized carbons (Fsp3) is 0.278. The van der Waals surface area contributed by atoms with Crippen LogP contribution in [0.1, 0.15) is 34.8 Å². The number of hydrogen-bond acceptors (Lipinski definition) is 3. The number of imidazole rings is 1. The number of carbonyl (C=O) groups excluding carboxylic acids is 1. The molecule has 4 rings (SSSR count). The number of para-hydroxylation sites is 1. The second kappa shape index (κ2) is 5.77. The van der Waals surface area contributed by atoms with E-state index in [4.69, 9.17) is 0 Å². The van der Waals surface area contributed by atoms with Crippen LogP contribution in [0.25, 0.3) is 10.9 Å². The molecular formula is C18H18N4O3. The van der Waals surface area contributed by atoms with Crippen molar-refractivity contribution >= 4 is 22.8 Å². The Labute approximate surface area is 143 Å². The molecule has 25 heavy (non-hydrogen) atoms. The largest absolute Gasteiger partial charge is 0.481 e. The SMILES string of the molecule is CC1c2nccn2CCN1C(=O)c1[nH]c2ccccc2c1CC(=O)O. The van der Waals surface area contributed by atoms with Crippen LogP contribution in [-0.2, 0) is 17.8 Å². The van der Waals surface area contributed by atoms with Gasteiger partial charge in [-0.15, -0.1) is 0 Å². The van der Waals surface area contributed by atoms with Crippen LogP contribution in [-0.4, -0.2) is 43.0 Å². The number of H-pyrrole nitrogens is 1. The number of hydrogen-bond donors (Lipinski definition) is 2. The number of benzene rings is 1. The minimum Gasteiger partial charge on any atom is -0.481 e. The molecule has 2 N–H and O–H groups in total. The predicted octanol–water partition coefficient (Wildman–Crippen LogP) is 2.21. The van der Waals surface area contributed by atoms with Crippen molar-refractivity contribution in [1.82, 2.24) is 19.4 Å². The number of aromatic amines is 1. The predicted molar refractivity (Wildman–Crippen MR) is 91.3 cm³/mol. The Morgan fingerprint density at radius 1 is 1.32 bits per heavy atom. The van der Waals surface area contributed by atoms with Crippen molar-refractivity contribution in [2.45, 2.75) is 25.9 Å². The van der Waals surface area contributed by atoms with Gasteiger partial charge in [-0.05, 0) is 13.0 Å². The van der Waals surface area contributed by atoms with Crippen molar-refractivity contribution in [3.63, 3.8) is 0 Å². The molecule has 1 atom stereocenters. The average Bonchev–Trinajstić information content (AvgIpc) is 3.20. The van der Waals surface area contributed by atoms with Gasteiger partial charge >= 0.3 is 5.97 Å². The number of nitrogens with one attached hydrogen (secondary N) is 1. The lowest BCUT2D eigenvalue weighted by atomic mass is 10.1. The summed E-state index contributed by atoms with van der Waals surface area (Å²) in [6.45, 7) is 3.18. The van der Waals surface area contributed by atoms with Crippen LogP contribution in [0.4, 0.5) is 0 Å². The number of aliphatic carboxylic acids is 1. The monoisotopic (exact) mass is 338 g/mol. The van der Waals surface area contributed by atoms with Gasteiger partial charge in [-0.1, -0.05) is 18.2 Å². The number of fused-ring (bicyclic) bond motifs is 2. The van der Waals surface area contributed by atoms with Gasteiger partial charge in [0.25, 0.3) is 5.91 Å². The smallest absolute Gasteiger partial charge is 0.307 e. The van der Waals surface area contributed by atoms with E-state index in [0.717, 1.165) is 16.7 Å². The maximum absolute atomic E-state index is 13.2. The summed E-state index contributed by atoms with van der Waals surface area (Å²) in [6.07, 6.45) is 3.45. The number of carboxylic acids is 1. The lowest BCUT2D eigenvalue weighted by molar-refractivity contribution is -0.136. The minimum atomic E-state index is -0.957. The molecule has 2 aromatic heterocycles. The van der Waals surface area contributed by atoms with Crippen molar-refractivity contribution in [2.24, 2.45) is 0 Å². The van der Waals surface area contributed by atoms with Crippen LogP contribution in [0, 0.1) is 0 Å². The Hall–Kier alpha value is -3.09. The molecule has 1 aliphatic rings. The molecule has 128 valence electrons. The van der Waals surface area contributed by atoms with Crippen molar-refractivity contribution in [1.29, 1.82) is 0 Å². The normalized spacial score (nSPS) is 16.8. The second-order valence-electron chi connectivity index (χ2n) is 6.25. The van der Waals surface area contributed by atoms with E-state index < -0.39 is 5.97 Å². The first-order chi connectivity index (χ1) is 12.1. The number of nitrogens with zero attached hydrogens (tertiary/aromatic N) is 3. The molecule has 0 bridgehead atoms. The third kappa shape index (κ3) is 2.48. The standard InChI is InChI=1S/C18H18N4O3/c1-11-17-19-6-7-21(17)8-9-22(11)18(25)16-13(10-15(23)24)12-4-2-3-5-14(12)20-16/h2-7,11,20H,8-10H2,1H3,(H,23,24). The van der Waals surface area contributed by atoms with Crippen molar-refractivity contribution in [2.75, 3.05) is 6.54 Å². The third-order valence-corrected chi connectivity index (χ3v) is 4.79. The molecule has 1 aliphatic heterocycles. The van der Waals surface area contributed by atoms with E-state index in [0.29, 0.717) is 24.3 Å². The van der Waals surface area contributed by atoms with E-state index in [-0.39, 0.29) is 18.4 Å².